The molecule has 0 radical (unpaired) electrons. The number of carbonyl (C=O) groups is 2. The van der Waals surface area contributed by atoms with Crippen LogP contribution >= 0.6 is 22.6 Å². The third-order valence-electron chi connectivity index (χ3n) is 2.33. The van der Waals surface area contributed by atoms with Crippen LogP contribution in [0.3, 0.4) is 0 Å². The Kier molecular flexibility index (Phi) is 4.94. The predicted molar refractivity (Wildman–Crippen MR) is 76.2 cm³/mol. The van der Waals surface area contributed by atoms with E-state index in [1.807, 2.05) is 24.3 Å². The van der Waals surface area contributed by atoms with E-state index in [2.05, 4.69) is 33.2 Å². The Morgan fingerprint density at radius 3 is 2.33 bits per heavy atom. The number of hydrogen-bond donors (Lipinski definition) is 3. The van der Waals surface area contributed by atoms with Gasteiger partial charge in [-0.1, -0.05) is 12.1 Å². The van der Waals surface area contributed by atoms with Crippen LogP contribution in [0.1, 0.15) is 19.4 Å². The van der Waals surface area contributed by atoms with Crippen molar-refractivity contribution in [3.63, 3.8) is 0 Å². The number of carboxylic acid groups (broad SMARTS) is 1. The fraction of sp³-hybridized carbons (Fsp3) is 0.333. The molecule has 1 rings (SSSR count). The standard InChI is InChI=1S/C12H15IN2O3/c1-12(2,10(16)17)15-11(18)14-7-8-3-5-9(13)6-4-8/h3-6H,7H2,1-2H3,(H,16,17)(H2,14,15,18). The summed E-state index contributed by atoms with van der Waals surface area (Å²) in [7, 11) is 0. The van der Waals surface area contributed by atoms with Crippen LogP contribution in [0.5, 0.6) is 0 Å². The summed E-state index contributed by atoms with van der Waals surface area (Å²) >= 11 is 2.20. The summed E-state index contributed by atoms with van der Waals surface area (Å²) in [6.45, 7) is 3.22. The second kappa shape index (κ2) is 6.03. The van der Waals surface area contributed by atoms with E-state index in [-0.39, 0.29) is 0 Å². The van der Waals surface area contributed by atoms with Crippen molar-refractivity contribution in [1.29, 1.82) is 0 Å². The molecule has 0 aliphatic rings. The summed E-state index contributed by atoms with van der Waals surface area (Å²) in [5.74, 6) is -1.08. The highest BCUT2D eigenvalue weighted by atomic mass is 127. The van der Waals surface area contributed by atoms with Gasteiger partial charge in [-0.05, 0) is 54.1 Å². The number of nitrogens with one attached hydrogen (secondary N) is 2. The normalized spacial score (nSPS) is 10.8. The highest BCUT2D eigenvalue weighted by Gasteiger charge is 2.28. The Balaban J connectivity index is 2.47. The van der Waals surface area contributed by atoms with Gasteiger partial charge in [-0.2, -0.15) is 0 Å². The van der Waals surface area contributed by atoms with Crippen molar-refractivity contribution in [2.45, 2.75) is 25.9 Å². The molecule has 98 valence electrons. The number of hydrogen-bond acceptors (Lipinski definition) is 2. The molecule has 0 saturated carbocycles. The average Bonchev–Trinajstić information content (AvgIpc) is 2.27. The van der Waals surface area contributed by atoms with Gasteiger partial charge in [0, 0.05) is 10.1 Å². The highest BCUT2D eigenvalue weighted by molar-refractivity contribution is 14.1. The Hall–Kier alpha value is -1.31. The molecular formula is C12H15IN2O3. The van der Waals surface area contributed by atoms with E-state index in [1.54, 1.807) is 0 Å². The van der Waals surface area contributed by atoms with Crippen molar-refractivity contribution >= 4 is 34.6 Å². The molecule has 0 aromatic heterocycles. The number of aliphatic carboxylic acids is 1. The van der Waals surface area contributed by atoms with Crippen molar-refractivity contribution < 1.29 is 14.7 Å². The van der Waals surface area contributed by atoms with Crippen LogP contribution in [-0.2, 0) is 11.3 Å². The smallest absolute Gasteiger partial charge is 0.328 e. The molecular weight excluding hydrogens is 347 g/mol. The number of carboxylic acids is 1. The van der Waals surface area contributed by atoms with Gasteiger partial charge >= 0.3 is 12.0 Å². The van der Waals surface area contributed by atoms with Crippen LogP contribution in [0.4, 0.5) is 4.79 Å². The first-order valence-corrected chi connectivity index (χ1v) is 6.43. The number of amides is 2. The lowest BCUT2D eigenvalue weighted by Gasteiger charge is -2.21. The van der Waals surface area contributed by atoms with Gasteiger partial charge in [-0.15, -0.1) is 0 Å². The largest absolute Gasteiger partial charge is 0.480 e. The average molecular weight is 362 g/mol. The summed E-state index contributed by atoms with van der Waals surface area (Å²) < 4.78 is 1.12. The first-order valence-electron chi connectivity index (χ1n) is 5.35. The summed E-state index contributed by atoms with van der Waals surface area (Å²) in [6.07, 6.45) is 0. The summed E-state index contributed by atoms with van der Waals surface area (Å²) in [5.41, 5.74) is -0.324. The summed E-state index contributed by atoms with van der Waals surface area (Å²) in [6, 6.07) is 7.20. The second-order valence-corrected chi connectivity index (χ2v) is 5.61. The Bertz CT molecular complexity index is 443. The van der Waals surface area contributed by atoms with Crippen molar-refractivity contribution in [2.75, 3.05) is 0 Å². The molecule has 1 aromatic rings. The number of benzene rings is 1. The first kappa shape index (κ1) is 14.7. The van der Waals surface area contributed by atoms with Gasteiger partial charge in [-0.25, -0.2) is 9.59 Å². The SMILES string of the molecule is CC(C)(NC(=O)NCc1ccc(I)cc1)C(=O)O. The van der Waals surface area contributed by atoms with Crippen molar-refractivity contribution in [3.8, 4) is 0 Å². The predicted octanol–water partition coefficient (Wildman–Crippen LogP) is 1.95. The molecule has 18 heavy (non-hydrogen) atoms. The maximum Gasteiger partial charge on any atom is 0.328 e. The third-order valence-corrected chi connectivity index (χ3v) is 3.05. The van der Waals surface area contributed by atoms with E-state index in [1.165, 1.54) is 13.8 Å². The zero-order valence-electron chi connectivity index (χ0n) is 10.2. The maximum absolute atomic E-state index is 11.5. The third kappa shape index (κ3) is 4.52. The van der Waals surface area contributed by atoms with E-state index < -0.39 is 17.5 Å². The molecule has 0 heterocycles. The monoisotopic (exact) mass is 362 g/mol. The Morgan fingerprint density at radius 1 is 1.28 bits per heavy atom. The van der Waals surface area contributed by atoms with Crippen LogP contribution in [-0.4, -0.2) is 22.6 Å². The van der Waals surface area contributed by atoms with E-state index >= 15 is 0 Å². The molecule has 0 saturated heterocycles. The highest BCUT2D eigenvalue weighted by Crippen LogP contribution is 2.06. The fourth-order valence-corrected chi connectivity index (χ4v) is 1.53. The minimum Gasteiger partial charge on any atom is -0.480 e. The topological polar surface area (TPSA) is 78.4 Å². The van der Waals surface area contributed by atoms with Crippen LogP contribution in [0.15, 0.2) is 24.3 Å². The van der Waals surface area contributed by atoms with E-state index in [0.29, 0.717) is 6.54 Å². The van der Waals surface area contributed by atoms with Gasteiger partial charge in [0.05, 0.1) is 0 Å². The summed E-state index contributed by atoms with van der Waals surface area (Å²) in [4.78, 5) is 22.3. The summed E-state index contributed by atoms with van der Waals surface area (Å²) in [5, 5.41) is 13.9. The zero-order chi connectivity index (χ0) is 13.8. The van der Waals surface area contributed by atoms with Gasteiger partial charge in [0.25, 0.3) is 0 Å². The maximum atomic E-state index is 11.5. The molecule has 6 heteroatoms. The number of rotatable bonds is 4. The number of urea groups is 1. The van der Waals surface area contributed by atoms with E-state index in [0.717, 1.165) is 9.13 Å². The van der Waals surface area contributed by atoms with Crippen LogP contribution in [0, 0.1) is 3.57 Å². The molecule has 0 atom stereocenters. The first-order chi connectivity index (χ1) is 8.31. The molecule has 0 spiro atoms. The lowest BCUT2D eigenvalue weighted by molar-refractivity contribution is -0.142. The minimum atomic E-state index is -1.28. The molecule has 2 amide bonds. The lowest BCUT2D eigenvalue weighted by atomic mass is 10.1. The second-order valence-electron chi connectivity index (χ2n) is 4.36. The quantitative estimate of drug-likeness (QED) is 0.717. The molecule has 1 aromatic carbocycles. The number of carbonyl (C=O) groups excluding carboxylic acids is 1. The Morgan fingerprint density at radius 2 is 1.83 bits per heavy atom. The molecule has 3 N–H and O–H groups in total. The lowest BCUT2D eigenvalue weighted by Crippen LogP contribution is -2.52. The molecule has 0 fully saturated rings. The van der Waals surface area contributed by atoms with E-state index in [9.17, 15) is 9.59 Å². The zero-order valence-corrected chi connectivity index (χ0v) is 12.3. The minimum absolute atomic E-state index is 0.360. The van der Waals surface area contributed by atoms with Crippen molar-refractivity contribution in [2.24, 2.45) is 0 Å². The molecule has 0 unspecified atom stereocenters. The Labute approximate surface area is 119 Å². The molecule has 0 bridgehead atoms. The number of halogens is 1. The van der Waals surface area contributed by atoms with Crippen LogP contribution in [0.2, 0.25) is 0 Å². The molecule has 0 aliphatic heterocycles. The van der Waals surface area contributed by atoms with Gasteiger partial charge in [-0.3, -0.25) is 0 Å². The fourth-order valence-electron chi connectivity index (χ4n) is 1.17. The van der Waals surface area contributed by atoms with Crippen LogP contribution in [0.25, 0.3) is 0 Å². The van der Waals surface area contributed by atoms with Crippen molar-refractivity contribution in [1.82, 2.24) is 10.6 Å². The van der Waals surface area contributed by atoms with Gasteiger partial charge in [0.1, 0.15) is 5.54 Å². The van der Waals surface area contributed by atoms with Crippen molar-refractivity contribution in [3.05, 3.63) is 33.4 Å². The molecule has 0 aliphatic carbocycles. The van der Waals surface area contributed by atoms with Gasteiger partial charge < -0.3 is 15.7 Å². The van der Waals surface area contributed by atoms with Crippen LogP contribution < -0.4 is 10.6 Å². The van der Waals surface area contributed by atoms with Gasteiger partial charge in [0.2, 0.25) is 0 Å². The molecule has 5 nitrogen and oxygen atoms in total. The van der Waals surface area contributed by atoms with Gasteiger partial charge in [0.15, 0.2) is 0 Å². The van der Waals surface area contributed by atoms with E-state index in [4.69, 9.17) is 5.11 Å².